The third kappa shape index (κ3) is 3.96. The zero-order chi connectivity index (χ0) is 25.7. The van der Waals surface area contributed by atoms with Crippen LogP contribution in [0.2, 0.25) is 0 Å². The Kier molecular flexibility index (Phi) is 5.71. The van der Waals surface area contributed by atoms with Gasteiger partial charge in [0.2, 0.25) is 5.91 Å². The fourth-order valence-corrected chi connectivity index (χ4v) is 5.98. The highest BCUT2D eigenvalue weighted by Crippen LogP contribution is 2.35. The maximum absolute atomic E-state index is 14.1. The molecular formula is C25H27FN10O. The number of tetrazole rings is 1. The highest BCUT2D eigenvalue weighted by atomic mass is 19.1. The molecule has 2 saturated heterocycles. The van der Waals surface area contributed by atoms with Gasteiger partial charge in [-0.1, -0.05) is 12.1 Å². The molecule has 11 nitrogen and oxygen atoms in total. The van der Waals surface area contributed by atoms with E-state index in [1.807, 2.05) is 23.1 Å². The Labute approximate surface area is 213 Å². The van der Waals surface area contributed by atoms with Crippen molar-refractivity contribution in [2.75, 3.05) is 32.7 Å². The molecule has 0 spiro atoms. The number of hydrogen-bond donors (Lipinski definition) is 2. The molecule has 6 rings (SSSR count). The van der Waals surface area contributed by atoms with Gasteiger partial charge in [-0.25, -0.2) is 9.37 Å². The van der Waals surface area contributed by atoms with E-state index in [-0.39, 0.29) is 23.4 Å². The van der Waals surface area contributed by atoms with Crippen molar-refractivity contribution >= 4 is 5.91 Å². The highest BCUT2D eigenvalue weighted by molar-refractivity contribution is 5.85. The monoisotopic (exact) mass is 502 g/mol. The van der Waals surface area contributed by atoms with Crippen LogP contribution in [0.5, 0.6) is 0 Å². The predicted molar refractivity (Wildman–Crippen MR) is 130 cm³/mol. The molecule has 2 aromatic heterocycles. The third-order valence-electron chi connectivity index (χ3n) is 7.95. The lowest BCUT2D eigenvalue weighted by Gasteiger charge is -2.51. The number of nitrogens with zero attached hydrogens (tertiary/aromatic N) is 8. The first-order valence-corrected chi connectivity index (χ1v) is 12.4. The van der Waals surface area contributed by atoms with Gasteiger partial charge in [-0.15, -0.1) is 5.10 Å². The quantitative estimate of drug-likeness (QED) is 0.518. The molecule has 3 aliphatic rings. The van der Waals surface area contributed by atoms with E-state index in [9.17, 15) is 14.4 Å². The largest absolute Gasteiger partial charge is 0.339 e. The molecule has 1 amide bonds. The fraction of sp³-hybridized carbons (Fsp3) is 0.440. The van der Waals surface area contributed by atoms with E-state index in [1.54, 1.807) is 13.0 Å². The number of nitrogens with one attached hydrogen (secondary N) is 1. The van der Waals surface area contributed by atoms with Gasteiger partial charge < -0.3 is 10.6 Å². The van der Waals surface area contributed by atoms with Gasteiger partial charge in [0, 0.05) is 44.5 Å². The van der Waals surface area contributed by atoms with Crippen LogP contribution < -0.4 is 11.1 Å². The van der Waals surface area contributed by atoms with Crippen LogP contribution in [0.3, 0.4) is 0 Å². The van der Waals surface area contributed by atoms with Gasteiger partial charge in [0.05, 0.1) is 11.5 Å². The lowest BCUT2D eigenvalue weighted by atomic mass is 9.89. The summed E-state index contributed by atoms with van der Waals surface area (Å²) in [5.41, 5.74) is 9.07. The molecule has 3 N–H and O–H groups in total. The van der Waals surface area contributed by atoms with Crippen molar-refractivity contribution < 1.29 is 9.18 Å². The van der Waals surface area contributed by atoms with E-state index in [0.29, 0.717) is 44.1 Å². The molecule has 1 aromatic carbocycles. The molecule has 190 valence electrons. The molecular weight excluding hydrogens is 475 g/mol. The van der Waals surface area contributed by atoms with Crippen molar-refractivity contribution in [1.82, 2.24) is 40.3 Å². The van der Waals surface area contributed by atoms with Crippen LogP contribution in [0.1, 0.15) is 40.3 Å². The second-order valence-electron chi connectivity index (χ2n) is 10.0. The standard InChI is InChI=1S/C25H27FN10O/c1-15-19(10-27)21(26)5-4-20(15)25(28)13-35-9-8-34(12-16(35)11-29-25)24(37)18-2-6-22-17(18)3-7-23(31-22)36-14-30-32-33-36/h3-5,7,14,16,18,29H,2,6,8-9,11-13,28H2,1H3/t16-,18?,25+/m1/s1. The van der Waals surface area contributed by atoms with Gasteiger partial charge in [-0.2, -0.15) is 9.94 Å². The Morgan fingerprint density at radius 1 is 1.30 bits per heavy atom. The lowest BCUT2D eigenvalue weighted by molar-refractivity contribution is -0.136. The molecule has 2 fully saturated rings. The molecule has 1 unspecified atom stereocenters. The zero-order valence-corrected chi connectivity index (χ0v) is 20.4. The minimum absolute atomic E-state index is 0.0260. The summed E-state index contributed by atoms with van der Waals surface area (Å²) in [4.78, 5) is 22.5. The van der Waals surface area contributed by atoms with Crippen LogP contribution in [-0.2, 0) is 16.9 Å². The number of pyridine rings is 1. The average molecular weight is 503 g/mol. The summed E-state index contributed by atoms with van der Waals surface area (Å²) in [6.45, 7) is 4.73. The molecule has 3 atom stereocenters. The van der Waals surface area contributed by atoms with Gasteiger partial charge in [0.25, 0.3) is 0 Å². The van der Waals surface area contributed by atoms with Crippen LogP contribution in [0, 0.1) is 24.1 Å². The van der Waals surface area contributed by atoms with Crippen LogP contribution in [0.15, 0.2) is 30.6 Å². The second kappa shape index (κ2) is 8.95. The van der Waals surface area contributed by atoms with Gasteiger partial charge in [-0.3, -0.25) is 15.0 Å². The van der Waals surface area contributed by atoms with E-state index >= 15 is 0 Å². The minimum atomic E-state index is -0.903. The van der Waals surface area contributed by atoms with Gasteiger partial charge in [-0.05, 0) is 59.0 Å². The SMILES string of the molecule is Cc1c([C@]2(N)CN3CCN(C(=O)C4CCc5nc(-n6cnnn6)ccc54)C[C@H]3CN2)ccc(F)c1C#N. The topological polar surface area (TPSA) is 142 Å². The first kappa shape index (κ1) is 23.6. The molecule has 0 bridgehead atoms. The number of fused-ring (bicyclic) bond motifs is 2. The first-order chi connectivity index (χ1) is 17.9. The molecule has 12 heteroatoms. The summed E-state index contributed by atoms with van der Waals surface area (Å²) in [6, 6.07) is 8.85. The Morgan fingerprint density at radius 3 is 2.95 bits per heavy atom. The fourth-order valence-electron chi connectivity index (χ4n) is 5.98. The van der Waals surface area contributed by atoms with Crippen molar-refractivity contribution in [2.45, 2.75) is 37.4 Å². The van der Waals surface area contributed by atoms with Crippen molar-refractivity contribution in [3.05, 3.63) is 64.4 Å². The number of aryl methyl sites for hydroxylation is 1. The number of hydrogen-bond acceptors (Lipinski definition) is 9. The Hall–Kier alpha value is -3.79. The maximum atomic E-state index is 14.1. The van der Waals surface area contributed by atoms with Crippen molar-refractivity contribution in [3.8, 4) is 11.9 Å². The zero-order valence-electron chi connectivity index (χ0n) is 20.4. The Bertz CT molecular complexity index is 1400. The molecule has 1 aliphatic carbocycles. The smallest absolute Gasteiger partial charge is 0.230 e. The van der Waals surface area contributed by atoms with E-state index in [4.69, 9.17) is 5.73 Å². The van der Waals surface area contributed by atoms with Crippen molar-refractivity contribution in [3.63, 3.8) is 0 Å². The molecule has 3 aromatic rings. The van der Waals surface area contributed by atoms with E-state index in [2.05, 4.69) is 30.7 Å². The number of carbonyl (C=O) groups excluding carboxylic acids is 1. The maximum Gasteiger partial charge on any atom is 0.230 e. The predicted octanol–water partition coefficient (Wildman–Crippen LogP) is 0.334. The lowest BCUT2D eigenvalue weighted by Crippen LogP contribution is -2.71. The van der Waals surface area contributed by atoms with Crippen molar-refractivity contribution in [1.29, 1.82) is 5.26 Å². The molecule has 0 radical (unpaired) electrons. The van der Waals surface area contributed by atoms with E-state index in [0.717, 1.165) is 29.7 Å². The van der Waals surface area contributed by atoms with E-state index < -0.39 is 11.5 Å². The van der Waals surface area contributed by atoms with E-state index in [1.165, 1.54) is 17.1 Å². The van der Waals surface area contributed by atoms with Crippen LogP contribution >= 0.6 is 0 Å². The Morgan fingerprint density at radius 2 is 2.16 bits per heavy atom. The number of piperazine rings is 2. The summed E-state index contributed by atoms with van der Waals surface area (Å²) in [5, 5.41) is 24.0. The van der Waals surface area contributed by atoms with Crippen LogP contribution in [0.25, 0.3) is 5.82 Å². The number of nitriles is 1. The summed E-state index contributed by atoms with van der Waals surface area (Å²) in [7, 11) is 0. The third-order valence-corrected chi connectivity index (χ3v) is 7.95. The second-order valence-corrected chi connectivity index (χ2v) is 10.0. The van der Waals surface area contributed by atoms with Crippen LogP contribution in [0.4, 0.5) is 4.39 Å². The average Bonchev–Trinajstić information content (AvgIpc) is 3.58. The highest BCUT2D eigenvalue weighted by Gasteiger charge is 2.43. The van der Waals surface area contributed by atoms with Gasteiger partial charge in [0.15, 0.2) is 5.82 Å². The minimum Gasteiger partial charge on any atom is -0.339 e. The van der Waals surface area contributed by atoms with Crippen LogP contribution in [-0.4, -0.2) is 79.7 Å². The molecule has 37 heavy (non-hydrogen) atoms. The number of amides is 1. The number of benzene rings is 1. The summed E-state index contributed by atoms with van der Waals surface area (Å²) in [6.07, 6.45) is 2.98. The number of nitrogens with two attached hydrogens (primary N) is 1. The summed E-state index contributed by atoms with van der Waals surface area (Å²) >= 11 is 0. The van der Waals surface area contributed by atoms with Gasteiger partial charge >= 0.3 is 0 Å². The normalized spacial score (nSPS) is 25.4. The summed E-state index contributed by atoms with van der Waals surface area (Å²) < 4.78 is 15.6. The van der Waals surface area contributed by atoms with Gasteiger partial charge in [0.1, 0.15) is 23.9 Å². The number of halogens is 1. The number of rotatable bonds is 3. The molecule has 2 aliphatic heterocycles. The summed E-state index contributed by atoms with van der Waals surface area (Å²) in [5.74, 6) is 0.0344. The first-order valence-electron chi connectivity index (χ1n) is 12.4. The Balaban J connectivity index is 1.15. The molecule has 4 heterocycles. The number of aromatic nitrogens is 5. The molecule has 0 saturated carbocycles. The van der Waals surface area contributed by atoms with Crippen molar-refractivity contribution in [2.24, 2.45) is 5.73 Å². The number of carbonyl (C=O) groups is 1.